The molecule has 0 bridgehead atoms. The van der Waals surface area contributed by atoms with Crippen LogP contribution < -0.4 is 0 Å². The number of aromatic nitrogens is 1. The quantitative estimate of drug-likeness (QED) is 0.365. The summed E-state index contributed by atoms with van der Waals surface area (Å²) in [5, 5.41) is 0. The Morgan fingerprint density at radius 2 is 1.89 bits per heavy atom. The van der Waals surface area contributed by atoms with Crippen molar-refractivity contribution in [1.29, 1.82) is 0 Å². The summed E-state index contributed by atoms with van der Waals surface area (Å²) in [6.45, 7) is 3.40. The van der Waals surface area contributed by atoms with Gasteiger partial charge in [0.25, 0.3) is 0 Å². The maximum Gasteiger partial charge on any atom is 0.397 e. The third-order valence-corrected chi connectivity index (χ3v) is 9.27. The van der Waals surface area contributed by atoms with Gasteiger partial charge in [0.05, 0.1) is 6.61 Å². The molecule has 0 saturated heterocycles. The Bertz CT molecular complexity index is 1050. The first-order valence-electron chi connectivity index (χ1n) is 12.4. The van der Waals surface area contributed by atoms with E-state index in [2.05, 4.69) is 18.0 Å². The summed E-state index contributed by atoms with van der Waals surface area (Å²) in [6, 6.07) is 5.72. The van der Waals surface area contributed by atoms with Gasteiger partial charge in [0.1, 0.15) is 11.9 Å². The van der Waals surface area contributed by atoms with Crippen molar-refractivity contribution in [2.75, 3.05) is 6.61 Å². The first-order valence-corrected chi connectivity index (χ1v) is 13.8. The molecule has 5 rings (SSSR count). The summed E-state index contributed by atoms with van der Waals surface area (Å²) in [4.78, 5) is 27.8. The lowest BCUT2D eigenvalue weighted by atomic mass is 9.47. The van der Waals surface area contributed by atoms with Gasteiger partial charge in [-0.3, -0.25) is 19.1 Å². The summed E-state index contributed by atoms with van der Waals surface area (Å²) >= 11 is 0. The zero-order chi connectivity index (χ0) is 25.3. The number of esters is 1. The van der Waals surface area contributed by atoms with Gasteiger partial charge in [-0.05, 0) is 68.4 Å². The van der Waals surface area contributed by atoms with Crippen LogP contribution in [0.25, 0.3) is 0 Å². The van der Waals surface area contributed by atoms with Gasteiger partial charge >= 0.3 is 16.4 Å². The Morgan fingerprint density at radius 3 is 2.49 bits per heavy atom. The highest BCUT2D eigenvalue weighted by Crippen LogP contribution is 2.64. The molecule has 1 heterocycles. The minimum atomic E-state index is -4.55. The zero-order valence-corrected chi connectivity index (χ0v) is 21.2. The molecule has 3 fully saturated rings. The second-order valence-corrected chi connectivity index (χ2v) is 11.7. The first kappa shape index (κ1) is 26.0. The minimum Gasteiger partial charge on any atom is -0.462 e. The summed E-state index contributed by atoms with van der Waals surface area (Å²) in [5.74, 6) is 0.854. The second-order valence-electron chi connectivity index (χ2n) is 10.6. The number of carbonyl (C=O) groups excluding carboxylic acids is 2. The third kappa shape index (κ3) is 5.37. The van der Waals surface area contributed by atoms with Crippen LogP contribution in [0, 0.1) is 28.6 Å². The highest BCUT2D eigenvalue weighted by molar-refractivity contribution is 7.80. The number of fused-ring (bicyclic) bond motifs is 5. The van der Waals surface area contributed by atoms with Gasteiger partial charge < -0.3 is 4.74 Å². The van der Waals surface area contributed by atoms with Crippen LogP contribution >= 0.6 is 0 Å². The standard InChI is InChI=1S/C21H30O7S.C5H5N/c1-13(22)28-15-7-10-21(12-27-29(24,25)26)14(11-15)3-4-16-17-5-6-19(23)20(17,2)9-8-18(16)21;1-2-4-6-5-3-1/h3,15-18H,4-12H2,1-2H3,(H,24,25,26);1-5H. The van der Waals surface area contributed by atoms with Crippen LogP contribution in [0.2, 0.25) is 0 Å². The molecule has 0 radical (unpaired) electrons. The predicted octanol–water partition coefficient (Wildman–Crippen LogP) is 4.33. The maximum absolute atomic E-state index is 12.6. The maximum atomic E-state index is 12.6. The molecule has 6 atom stereocenters. The highest BCUT2D eigenvalue weighted by Gasteiger charge is 2.60. The highest BCUT2D eigenvalue weighted by atomic mass is 32.3. The number of ether oxygens (including phenoxy) is 1. The van der Waals surface area contributed by atoms with E-state index in [1.807, 2.05) is 18.2 Å². The topological polar surface area (TPSA) is 120 Å². The summed E-state index contributed by atoms with van der Waals surface area (Å²) in [7, 11) is -4.55. The number of carbonyl (C=O) groups is 2. The minimum absolute atomic E-state index is 0.0942. The fraction of sp³-hybridized carbons (Fsp3) is 0.654. The lowest BCUT2D eigenvalue weighted by Crippen LogP contribution is -2.53. The molecule has 4 aliphatic carbocycles. The number of Topliss-reactive ketones (excluding diaryl/α,β-unsaturated/α-hetero) is 1. The van der Waals surface area contributed by atoms with E-state index in [0.717, 1.165) is 31.3 Å². The lowest BCUT2D eigenvalue weighted by molar-refractivity contribution is -0.149. The van der Waals surface area contributed by atoms with Gasteiger partial charge in [-0.25, -0.2) is 4.18 Å². The summed E-state index contributed by atoms with van der Waals surface area (Å²) < 4.78 is 42.4. The smallest absolute Gasteiger partial charge is 0.397 e. The predicted molar refractivity (Wildman–Crippen MR) is 128 cm³/mol. The number of pyridine rings is 1. The van der Waals surface area contributed by atoms with Crippen LogP contribution in [-0.2, 0) is 28.9 Å². The van der Waals surface area contributed by atoms with Crippen molar-refractivity contribution in [2.45, 2.75) is 71.3 Å². The number of nitrogens with zero attached hydrogens (tertiary/aromatic N) is 1. The van der Waals surface area contributed by atoms with Crippen molar-refractivity contribution in [3.05, 3.63) is 42.2 Å². The van der Waals surface area contributed by atoms with Gasteiger partial charge in [-0.1, -0.05) is 24.6 Å². The zero-order valence-electron chi connectivity index (χ0n) is 20.4. The Kier molecular flexibility index (Phi) is 7.50. The Hall–Kier alpha value is -2.10. The van der Waals surface area contributed by atoms with Crippen molar-refractivity contribution in [2.24, 2.45) is 28.6 Å². The van der Waals surface area contributed by atoms with Crippen molar-refractivity contribution < 1.29 is 31.5 Å². The molecule has 0 spiro atoms. The van der Waals surface area contributed by atoms with E-state index in [1.165, 1.54) is 6.92 Å². The molecule has 192 valence electrons. The molecular weight excluding hydrogens is 470 g/mol. The van der Waals surface area contributed by atoms with Crippen molar-refractivity contribution in [3.8, 4) is 0 Å². The average Bonchev–Trinajstić information content (AvgIpc) is 3.13. The monoisotopic (exact) mass is 505 g/mol. The van der Waals surface area contributed by atoms with E-state index in [0.29, 0.717) is 43.3 Å². The molecular formula is C26H35NO7S. The Morgan fingerprint density at radius 1 is 1.14 bits per heavy atom. The molecule has 35 heavy (non-hydrogen) atoms. The molecule has 0 aliphatic heterocycles. The van der Waals surface area contributed by atoms with Gasteiger partial charge in [0, 0.05) is 43.0 Å². The number of ketones is 1. The number of hydrogen-bond acceptors (Lipinski definition) is 7. The van der Waals surface area contributed by atoms with Crippen LogP contribution in [0.15, 0.2) is 42.2 Å². The molecule has 1 aromatic heterocycles. The second kappa shape index (κ2) is 10.1. The normalized spacial score (nSPS) is 36.0. The molecule has 8 nitrogen and oxygen atoms in total. The molecule has 0 aromatic carbocycles. The molecule has 1 N–H and O–H groups in total. The number of allylic oxidation sites excluding steroid dienone is 1. The molecule has 3 saturated carbocycles. The summed E-state index contributed by atoms with van der Waals surface area (Å²) in [6.07, 6.45) is 11.3. The fourth-order valence-electron chi connectivity index (χ4n) is 7.29. The lowest BCUT2D eigenvalue weighted by Gasteiger charge is -2.57. The van der Waals surface area contributed by atoms with Gasteiger partial charge in [-0.15, -0.1) is 0 Å². The molecule has 1 aromatic rings. The van der Waals surface area contributed by atoms with E-state index >= 15 is 0 Å². The van der Waals surface area contributed by atoms with Crippen LogP contribution in [0.3, 0.4) is 0 Å². The first-order chi connectivity index (χ1) is 16.6. The Balaban J connectivity index is 0.000000421. The third-order valence-electron chi connectivity index (χ3n) is 8.86. The van der Waals surface area contributed by atoms with E-state index in [4.69, 9.17) is 8.92 Å². The van der Waals surface area contributed by atoms with E-state index in [1.54, 1.807) is 12.4 Å². The number of hydrogen-bond donors (Lipinski definition) is 1. The fourth-order valence-corrected chi connectivity index (χ4v) is 7.65. The van der Waals surface area contributed by atoms with E-state index in [-0.39, 0.29) is 30.0 Å². The molecule has 0 amide bonds. The summed E-state index contributed by atoms with van der Waals surface area (Å²) in [5.41, 5.74) is 0.308. The van der Waals surface area contributed by atoms with E-state index in [9.17, 15) is 22.6 Å². The van der Waals surface area contributed by atoms with Crippen molar-refractivity contribution >= 4 is 22.2 Å². The van der Waals surface area contributed by atoms with Crippen LogP contribution in [0.4, 0.5) is 0 Å². The average molecular weight is 506 g/mol. The van der Waals surface area contributed by atoms with Gasteiger partial charge in [0.2, 0.25) is 0 Å². The Labute approximate surface area is 207 Å². The van der Waals surface area contributed by atoms with Crippen molar-refractivity contribution in [3.63, 3.8) is 0 Å². The number of rotatable bonds is 4. The van der Waals surface area contributed by atoms with Gasteiger partial charge in [0.15, 0.2) is 0 Å². The van der Waals surface area contributed by atoms with Crippen molar-refractivity contribution in [1.82, 2.24) is 4.98 Å². The van der Waals surface area contributed by atoms with E-state index < -0.39 is 15.8 Å². The van der Waals surface area contributed by atoms with Crippen LogP contribution in [0.5, 0.6) is 0 Å². The van der Waals surface area contributed by atoms with Crippen LogP contribution in [-0.4, -0.2) is 42.4 Å². The van der Waals surface area contributed by atoms with Gasteiger partial charge in [-0.2, -0.15) is 8.42 Å². The molecule has 6 unspecified atom stereocenters. The largest absolute Gasteiger partial charge is 0.462 e. The molecule has 9 heteroatoms. The SMILES string of the molecule is CC(=O)OC1CCC2(COS(=O)(=O)O)C(=CCC3C4CCC(=O)C4(C)CCC32)C1.c1ccncc1. The van der Waals surface area contributed by atoms with Crippen LogP contribution in [0.1, 0.15) is 65.2 Å². The molecule has 4 aliphatic rings.